The van der Waals surface area contributed by atoms with Crippen LogP contribution in [0.3, 0.4) is 0 Å². The topological polar surface area (TPSA) is 44.8 Å². The van der Waals surface area contributed by atoms with E-state index < -0.39 is 0 Å². The van der Waals surface area contributed by atoms with Crippen LogP contribution in [0.1, 0.15) is 24.8 Å². The standard InChI is InChI=1S/C24H31N3O2/c28-24(27-17-12-21-6-4-5-9-23(21)27)25-14-18-26-15-10-20(11-16-26)13-19-29-22-7-2-1-3-8-22/h1-9,20H,10-19H2,(H,25,28). The molecule has 2 aliphatic rings. The Morgan fingerprint density at radius 3 is 2.59 bits per heavy atom. The molecule has 2 aromatic rings. The summed E-state index contributed by atoms with van der Waals surface area (Å²) in [6.07, 6.45) is 4.50. The fourth-order valence-corrected chi connectivity index (χ4v) is 4.32. The molecule has 0 bridgehead atoms. The van der Waals surface area contributed by atoms with Crippen molar-refractivity contribution in [3.63, 3.8) is 0 Å². The molecule has 2 amide bonds. The van der Waals surface area contributed by atoms with Gasteiger partial charge in [-0.3, -0.25) is 4.90 Å². The van der Waals surface area contributed by atoms with Crippen LogP contribution in [0.25, 0.3) is 0 Å². The van der Waals surface area contributed by atoms with Crippen LogP contribution in [0.5, 0.6) is 5.75 Å². The van der Waals surface area contributed by atoms with E-state index in [0.29, 0.717) is 6.54 Å². The Morgan fingerprint density at radius 2 is 1.76 bits per heavy atom. The van der Waals surface area contributed by atoms with Crippen LogP contribution in [-0.2, 0) is 6.42 Å². The summed E-state index contributed by atoms with van der Waals surface area (Å²) in [5.41, 5.74) is 2.32. The predicted octanol–water partition coefficient (Wildman–Crippen LogP) is 3.94. The van der Waals surface area contributed by atoms with Gasteiger partial charge in [-0.2, -0.15) is 0 Å². The van der Waals surface area contributed by atoms with Gasteiger partial charge in [-0.1, -0.05) is 36.4 Å². The zero-order chi connectivity index (χ0) is 19.9. The van der Waals surface area contributed by atoms with Gasteiger partial charge in [0.25, 0.3) is 0 Å². The number of hydrogen-bond acceptors (Lipinski definition) is 3. The first kappa shape index (κ1) is 19.8. The molecule has 0 aromatic heterocycles. The summed E-state index contributed by atoms with van der Waals surface area (Å²) in [6.45, 7) is 5.42. The fraction of sp³-hybridized carbons (Fsp3) is 0.458. The number of para-hydroxylation sites is 2. The Balaban J connectivity index is 1.11. The number of fused-ring (bicyclic) bond motifs is 1. The Bertz CT molecular complexity index is 788. The number of piperidine rings is 1. The molecule has 154 valence electrons. The van der Waals surface area contributed by atoms with E-state index in [1.165, 1.54) is 18.4 Å². The van der Waals surface area contributed by atoms with Gasteiger partial charge in [-0.25, -0.2) is 4.79 Å². The first-order chi connectivity index (χ1) is 14.3. The molecule has 0 spiro atoms. The minimum atomic E-state index is 0.0305. The van der Waals surface area contributed by atoms with E-state index in [2.05, 4.69) is 16.3 Å². The van der Waals surface area contributed by atoms with Crippen LogP contribution in [-0.4, -0.2) is 50.3 Å². The third-order valence-electron chi connectivity index (χ3n) is 6.08. The molecule has 0 unspecified atom stereocenters. The van der Waals surface area contributed by atoms with Crippen molar-refractivity contribution in [2.45, 2.75) is 25.7 Å². The lowest BCUT2D eigenvalue weighted by Crippen LogP contribution is -2.44. The molecule has 5 heteroatoms. The number of anilines is 1. The number of hydrogen-bond donors (Lipinski definition) is 1. The van der Waals surface area contributed by atoms with E-state index in [1.54, 1.807) is 0 Å². The van der Waals surface area contributed by atoms with Crippen molar-refractivity contribution in [2.24, 2.45) is 5.92 Å². The first-order valence-electron chi connectivity index (χ1n) is 10.8. The Morgan fingerprint density at radius 1 is 1.00 bits per heavy atom. The number of nitrogens with zero attached hydrogens (tertiary/aromatic N) is 2. The second-order valence-corrected chi connectivity index (χ2v) is 8.00. The lowest BCUT2D eigenvalue weighted by atomic mass is 9.94. The van der Waals surface area contributed by atoms with Crippen LogP contribution in [0.2, 0.25) is 0 Å². The smallest absolute Gasteiger partial charge is 0.321 e. The van der Waals surface area contributed by atoms with Gasteiger partial charge in [0.05, 0.1) is 6.61 Å². The van der Waals surface area contributed by atoms with Crippen LogP contribution >= 0.6 is 0 Å². The van der Waals surface area contributed by atoms with Crippen LogP contribution in [0.15, 0.2) is 54.6 Å². The number of amides is 2. The number of benzene rings is 2. The molecule has 0 aliphatic carbocycles. The molecule has 1 N–H and O–H groups in total. The van der Waals surface area contributed by atoms with Gasteiger partial charge in [0.15, 0.2) is 0 Å². The minimum Gasteiger partial charge on any atom is -0.494 e. The molecule has 2 aromatic carbocycles. The van der Waals surface area contributed by atoms with Crippen molar-refractivity contribution < 1.29 is 9.53 Å². The van der Waals surface area contributed by atoms with E-state index in [9.17, 15) is 4.79 Å². The van der Waals surface area contributed by atoms with Crippen LogP contribution in [0, 0.1) is 5.92 Å². The molecule has 1 saturated heterocycles. The van der Waals surface area contributed by atoms with Crippen molar-refractivity contribution in [2.75, 3.05) is 44.2 Å². The molecule has 1 fully saturated rings. The van der Waals surface area contributed by atoms with Crippen LogP contribution in [0.4, 0.5) is 10.5 Å². The number of nitrogens with one attached hydrogen (secondary N) is 1. The Labute approximate surface area is 173 Å². The van der Waals surface area contributed by atoms with Gasteiger partial charge < -0.3 is 15.0 Å². The zero-order valence-electron chi connectivity index (χ0n) is 17.1. The summed E-state index contributed by atoms with van der Waals surface area (Å²) in [5, 5.41) is 3.10. The fourth-order valence-electron chi connectivity index (χ4n) is 4.32. The predicted molar refractivity (Wildman–Crippen MR) is 117 cm³/mol. The third kappa shape index (κ3) is 5.30. The van der Waals surface area contributed by atoms with Gasteiger partial charge in [0.2, 0.25) is 0 Å². The summed E-state index contributed by atoms with van der Waals surface area (Å²) >= 11 is 0. The third-order valence-corrected chi connectivity index (χ3v) is 6.08. The largest absolute Gasteiger partial charge is 0.494 e. The van der Waals surface area contributed by atoms with Gasteiger partial charge >= 0.3 is 6.03 Å². The monoisotopic (exact) mass is 393 g/mol. The number of likely N-dealkylation sites (tertiary alicyclic amines) is 1. The van der Waals surface area contributed by atoms with Gasteiger partial charge in [0.1, 0.15) is 5.75 Å². The summed E-state index contributed by atoms with van der Waals surface area (Å²) in [6, 6.07) is 18.3. The number of carbonyl (C=O) groups is 1. The van der Waals surface area contributed by atoms with Crippen molar-refractivity contribution >= 4 is 11.7 Å². The highest BCUT2D eigenvalue weighted by molar-refractivity contribution is 5.94. The van der Waals surface area contributed by atoms with Crippen molar-refractivity contribution in [3.8, 4) is 5.75 Å². The highest BCUT2D eigenvalue weighted by atomic mass is 16.5. The summed E-state index contributed by atoms with van der Waals surface area (Å²) in [4.78, 5) is 16.9. The van der Waals surface area contributed by atoms with Crippen molar-refractivity contribution in [3.05, 3.63) is 60.2 Å². The maximum atomic E-state index is 12.5. The average molecular weight is 394 g/mol. The Hall–Kier alpha value is -2.53. The summed E-state index contributed by atoms with van der Waals surface area (Å²) in [7, 11) is 0. The lowest BCUT2D eigenvalue weighted by Gasteiger charge is -2.32. The lowest BCUT2D eigenvalue weighted by molar-refractivity contribution is 0.164. The molecule has 0 radical (unpaired) electrons. The van der Waals surface area contributed by atoms with Crippen molar-refractivity contribution in [1.82, 2.24) is 10.2 Å². The molecule has 2 heterocycles. The number of urea groups is 1. The SMILES string of the molecule is O=C(NCCN1CCC(CCOc2ccccc2)CC1)N1CCc2ccccc21. The summed E-state index contributed by atoms with van der Waals surface area (Å²) < 4.78 is 5.83. The van der Waals surface area contributed by atoms with Crippen LogP contribution < -0.4 is 15.0 Å². The minimum absolute atomic E-state index is 0.0305. The Kier molecular flexibility index (Phi) is 6.67. The van der Waals surface area contributed by atoms with E-state index in [0.717, 1.165) is 63.0 Å². The quantitative estimate of drug-likeness (QED) is 0.775. The highest BCUT2D eigenvalue weighted by Crippen LogP contribution is 2.27. The number of carbonyl (C=O) groups excluding carboxylic acids is 1. The molecule has 0 saturated carbocycles. The molecule has 0 atom stereocenters. The van der Waals surface area contributed by atoms with Gasteiger partial charge in [0, 0.05) is 25.3 Å². The normalized spacial score (nSPS) is 17.2. The van der Waals surface area contributed by atoms with E-state index in [1.807, 2.05) is 53.4 Å². The number of ether oxygens (including phenoxy) is 1. The second-order valence-electron chi connectivity index (χ2n) is 8.00. The number of rotatable bonds is 7. The molecule has 5 nitrogen and oxygen atoms in total. The first-order valence-corrected chi connectivity index (χ1v) is 10.8. The van der Waals surface area contributed by atoms with E-state index in [-0.39, 0.29) is 6.03 Å². The molecule has 2 aliphatic heterocycles. The summed E-state index contributed by atoms with van der Waals surface area (Å²) in [5.74, 6) is 1.70. The highest BCUT2D eigenvalue weighted by Gasteiger charge is 2.24. The molecular formula is C24H31N3O2. The maximum absolute atomic E-state index is 12.5. The molecular weight excluding hydrogens is 362 g/mol. The molecule has 4 rings (SSSR count). The zero-order valence-corrected chi connectivity index (χ0v) is 17.1. The molecule has 29 heavy (non-hydrogen) atoms. The van der Waals surface area contributed by atoms with E-state index >= 15 is 0 Å². The maximum Gasteiger partial charge on any atom is 0.321 e. The second kappa shape index (κ2) is 9.79. The van der Waals surface area contributed by atoms with E-state index in [4.69, 9.17) is 4.74 Å². The van der Waals surface area contributed by atoms with Gasteiger partial charge in [-0.05, 0) is 68.5 Å². The van der Waals surface area contributed by atoms with Crippen molar-refractivity contribution in [1.29, 1.82) is 0 Å². The average Bonchev–Trinajstić information content (AvgIpc) is 3.20. The van der Waals surface area contributed by atoms with Gasteiger partial charge in [-0.15, -0.1) is 0 Å².